The highest BCUT2D eigenvalue weighted by Crippen LogP contribution is 2.18. The molecule has 0 aromatic carbocycles. The molecule has 5 heteroatoms. The maximum atomic E-state index is 7.70. The van der Waals surface area contributed by atoms with Gasteiger partial charge in [-0.1, -0.05) is 30.1 Å². The highest BCUT2D eigenvalue weighted by molar-refractivity contribution is 8.26. The first-order valence-electron chi connectivity index (χ1n) is 5.55. The van der Waals surface area contributed by atoms with Gasteiger partial charge in [0.15, 0.2) is 0 Å². The van der Waals surface area contributed by atoms with Crippen molar-refractivity contribution in [1.29, 1.82) is 10.8 Å². The summed E-state index contributed by atoms with van der Waals surface area (Å²) in [6, 6.07) is 0. The first-order chi connectivity index (χ1) is 7.95. The van der Waals surface area contributed by atoms with E-state index in [2.05, 4.69) is 11.6 Å². The molecular weight excluding hydrogens is 250 g/mol. The summed E-state index contributed by atoms with van der Waals surface area (Å²) in [6.07, 6.45) is 3.73. The van der Waals surface area contributed by atoms with Crippen LogP contribution < -0.4 is 0 Å². The van der Waals surface area contributed by atoms with Crippen molar-refractivity contribution in [3.63, 3.8) is 0 Å². The van der Waals surface area contributed by atoms with Gasteiger partial charge in [0.25, 0.3) is 0 Å². The van der Waals surface area contributed by atoms with E-state index in [4.69, 9.17) is 10.8 Å². The molecular formula is C12H21N3S2. The molecule has 0 aromatic heterocycles. The van der Waals surface area contributed by atoms with Crippen LogP contribution >= 0.6 is 23.5 Å². The van der Waals surface area contributed by atoms with Gasteiger partial charge in [-0.15, -0.1) is 0 Å². The normalized spacial score (nSPS) is 11.4. The van der Waals surface area contributed by atoms with Crippen molar-refractivity contribution in [1.82, 2.24) is 0 Å². The zero-order valence-corrected chi connectivity index (χ0v) is 12.4. The van der Waals surface area contributed by atoms with Gasteiger partial charge in [0, 0.05) is 7.05 Å². The first-order valence-corrected chi connectivity index (χ1v) is 7.18. The first kappa shape index (κ1) is 16.4. The van der Waals surface area contributed by atoms with E-state index in [0.717, 1.165) is 35.6 Å². The fraction of sp³-hybridized carbons (Fsp3) is 0.583. The standard InChI is InChI=1S/C12H21N3S2/c1-9(2)16-11(14)7-5-6-8-12(15-4)17-10(3)13/h13-14H,1,5-8H2,2-4H3. The fourth-order valence-electron chi connectivity index (χ4n) is 1.21. The predicted octanol–water partition coefficient (Wildman–Crippen LogP) is 4.55. The zero-order valence-electron chi connectivity index (χ0n) is 10.8. The molecule has 0 rings (SSSR count). The Morgan fingerprint density at radius 1 is 1.12 bits per heavy atom. The molecule has 2 N–H and O–H groups in total. The topological polar surface area (TPSA) is 60.1 Å². The van der Waals surface area contributed by atoms with E-state index in [1.807, 2.05) is 6.92 Å². The maximum Gasteiger partial charge on any atom is 0.0731 e. The minimum Gasteiger partial charge on any atom is -0.298 e. The Morgan fingerprint density at radius 2 is 1.71 bits per heavy atom. The number of hydrogen-bond acceptors (Lipinski definition) is 5. The molecule has 0 fully saturated rings. The van der Waals surface area contributed by atoms with Crippen LogP contribution in [0.25, 0.3) is 0 Å². The molecule has 0 aromatic rings. The van der Waals surface area contributed by atoms with Gasteiger partial charge in [0.05, 0.1) is 15.1 Å². The molecule has 0 radical (unpaired) electrons. The highest BCUT2D eigenvalue weighted by atomic mass is 32.2. The maximum absolute atomic E-state index is 7.70. The molecule has 0 saturated carbocycles. The Bertz CT molecular complexity index is 322. The van der Waals surface area contributed by atoms with E-state index in [9.17, 15) is 0 Å². The van der Waals surface area contributed by atoms with Gasteiger partial charge in [0.2, 0.25) is 0 Å². The molecule has 0 aliphatic rings. The van der Waals surface area contributed by atoms with Crippen LogP contribution in [-0.2, 0) is 0 Å². The van der Waals surface area contributed by atoms with Crippen molar-refractivity contribution < 1.29 is 0 Å². The van der Waals surface area contributed by atoms with Crippen LogP contribution in [0.1, 0.15) is 39.5 Å². The van der Waals surface area contributed by atoms with E-state index in [1.165, 1.54) is 23.5 Å². The summed E-state index contributed by atoms with van der Waals surface area (Å²) in [7, 11) is 1.77. The van der Waals surface area contributed by atoms with Crippen molar-refractivity contribution in [2.75, 3.05) is 7.05 Å². The Morgan fingerprint density at radius 3 is 2.18 bits per heavy atom. The van der Waals surface area contributed by atoms with Gasteiger partial charge in [-0.05, 0) is 44.4 Å². The van der Waals surface area contributed by atoms with Crippen LogP contribution in [0.15, 0.2) is 16.5 Å². The fourth-order valence-corrected chi connectivity index (χ4v) is 2.57. The lowest BCUT2D eigenvalue weighted by Gasteiger charge is -2.05. The lowest BCUT2D eigenvalue weighted by Crippen LogP contribution is -1.97. The van der Waals surface area contributed by atoms with Crippen LogP contribution in [0.3, 0.4) is 0 Å². The average Bonchev–Trinajstić information content (AvgIpc) is 2.20. The molecule has 96 valence electrons. The number of nitrogens with zero attached hydrogens (tertiary/aromatic N) is 1. The number of allylic oxidation sites excluding steroid dienone is 1. The Kier molecular flexibility index (Phi) is 9.17. The molecule has 0 heterocycles. The summed E-state index contributed by atoms with van der Waals surface area (Å²) >= 11 is 2.88. The monoisotopic (exact) mass is 271 g/mol. The minimum absolute atomic E-state index is 0.580. The van der Waals surface area contributed by atoms with E-state index < -0.39 is 0 Å². The third-order valence-corrected chi connectivity index (χ3v) is 3.59. The third kappa shape index (κ3) is 10.3. The van der Waals surface area contributed by atoms with E-state index >= 15 is 0 Å². The molecule has 0 saturated heterocycles. The quantitative estimate of drug-likeness (QED) is 0.423. The van der Waals surface area contributed by atoms with Crippen LogP contribution in [0.5, 0.6) is 0 Å². The molecule has 0 unspecified atom stereocenters. The lowest BCUT2D eigenvalue weighted by molar-refractivity contribution is 0.801. The number of unbranched alkanes of at least 4 members (excludes halogenated alkanes) is 1. The number of hydrogen-bond donors (Lipinski definition) is 2. The summed E-state index contributed by atoms with van der Waals surface area (Å²) in [6.45, 7) is 7.47. The molecule has 0 amide bonds. The number of rotatable bonds is 6. The van der Waals surface area contributed by atoms with E-state index in [1.54, 1.807) is 14.0 Å². The van der Waals surface area contributed by atoms with Gasteiger partial charge in [-0.25, -0.2) is 0 Å². The molecule has 0 bridgehead atoms. The van der Waals surface area contributed by atoms with Gasteiger partial charge in [-0.3, -0.25) is 15.8 Å². The Labute approximate surface area is 113 Å². The predicted molar refractivity (Wildman–Crippen MR) is 83.0 cm³/mol. The van der Waals surface area contributed by atoms with Gasteiger partial charge >= 0.3 is 0 Å². The third-order valence-electron chi connectivity index (χ3n) is 1.86. The summed E-state index contributed by atoms with van der Waals surface area (Å²) in [4.78, 5) is 5.13. The largest absolute Gasteiger partial charge is 0.298 e. The summed E-state index contributed by atoms with van der Waals surface area (Å²) in [5.74, 6) is 0. The van der Waals surface area contributed by atoms with Crippen LogP contribution in [0.2, 0.25) is 0 Å². The molecule has 0 aliphatic heterocycles. The highest BCUT2D eigenvalue weighted by Gasteiger charge is 2.03. The second-order valence-corrected chi connectivity index (χ2v) is 6.39. The molecule has 17 heavy (non-hydrogen) atoms. The van der Waals surface area contributed by atoms with Crippen molar-refractivity contribution >= 4 is 38.7 Å². The lowest BCUT2D eigenvalue weighted by atomic mass is 10.2. The van der Waals surface area contributed by atoms with Crippen molar-refractivity contribution in [3.05, 3.63) is 11.5 Å². The SMILES string of the molecule is C=C(C)SC(=N)CCCCC(=NC)SC(C)=N. The van der Waals surface area contributed by atoms with E-state index in [-0.39, 0.29) is 0 Å². The molecule has 0 atom stereocenters. The second-order valence-electron chi connectivity index (χ2n) is 3.71. The Balaban J connectivity index is 3.73. The Hall–Kier alpha value is -0.550. The summed E-state index contributed by atoms with van der Waals surface area (Å²) < 4.78 is 0. The molecule has 3 nitrogen and oxygen atoms in total. The minimum atomic E-state index is 0.580. The summed E-state index contributed by atoms with van der Waals surface area (Å²) in [5.41, 5.74) is 0. The molecule has 0 spiro atoms. The van der Waals surface area contributed by atoms with Gasteiger partial charge in [0.1, 0.15) is 0 Å². The number of aliphatic imine (C=N–C) groups is 1. The van der Waals surface area contributed by atoms with Crippen LogP contribution in [-0.4, -0.2) is 22.2 Å². The van der Waals surface area contributed by atoms with E-state index in [0.29, 0.717) is 10.1 Å². The van der Waals surface area contributed by atoms with Crippen LogP contribution in [0, 0.1) is 10.8 Å². The van der Waals surface area contributed by atoms with Crippen LogP contribution in [0.4, 0.5) is 0 Å². The van der Waals surface area contributed by atoms with Crippen molar-refractivity contribution in [2.24, 2.45) is 4.99 Å². The van der Waals surface area contributed by atoms with Crippen molar-refractivity contribution in [3.8, 4) is 0 Å². The smallest absolute Gasteiger partial charge is 0.0731 e. The number of thioether (sulfide) groups is 2. The van der Waals surface area contributed by atoms with Gasteiger partial charge in [-0.2, -0.15) is 0 Å². The zero-order chi connectivity index (χ0) is 13.3. The van der Waals surface area contributed by atoms with Crippen molar-refractivity contribution in [2.45, 2.75) is 39.5 Å². The second kappa shape index (κ2) is 9.48. The van der Waals surface area contributed by atoms with Gasteiger partial charge < -0.3 is 0 Å². The average molecular weight is 271 g/mol. The number of nitrogens with one attached hydrogen (secondary N) is 2. The molecule has 0 aliphatic carbocycles. The summed E-state index contributed by atoms with van der Waals surface area (Å²) in [5, 5.41) is 17.4.